The first kappa shape index (κ1) is 9.58. The molecular weight excluding hydrogens is 288 g/mol. The molecule has 0 aliphatic heterocycles. The number of benzene rings is 1. The van der Waals surface area contributed by atoms with E-state index in [4.69, 9.17) is 4.42 Å². The molecular formula is C12H10OTe. The summed E-state index contributed by atoms with van der Waals surface area (Å²) in [4.78, 5) is 0. The summed E-state index contributed by atoms with van der Waals surface area (Å²) >= 11 is -0.196. The first-order valence-corrected chi connectivity index (χ1v) is 6.88. The standard InChI is InChI=1S/C12H10OTe/c1-2-6-12(7-3-1)14-10-8-11-5-4-9-13-11/h1-10H/b10-8-. The Hall–Kier alpha value is -0.970. The van der Waals surface area contributed by atoms with Gasteiger partial charge in [0, 0.05) is 0 Å². The van der Waals surface area contributed by atoms with Crippen molar-refractivity contribution in [1.82, 2.24) is 0 Å². The summed E-state index contributed by atoms with van der Waals surface area (Å²) in [6, 6.07) is 14.4. The van der Waals surface area contributed by atoms with Crippen LogP contribution >= 0.6 is 0 Å². The van der Waals surface area contributed by atoms with Crippen molar-refractivity contribution in [3.05, 3.63) is 58.6 Å². The van der Waals surface area contributed by atoms with Crippen LogP contribution < -0.4 is 3.61 Å². The molecule has 0 N–H and O–H groups in total. The van der Waals surface area contributed by atoms with Crippen LogP contribution in [-0.2, 0) is 0 Å². The Balaban J connectivity index is 1.95. The van der Waals surface area contributed by atoms with Crippen LogP contribution in [0.5, 0.6) is 0 Å². The summed E-state index contributed by atoms with van der Waals surface area (Å²) in [5.74, 6) is 0.936. The van der Waals surface area contributed by atoms with Gasteiger partial charge in [0.05, 0.1) is 0 Å². The molecule has 0 spiro atoms. The Morgan fingerprint density at radius 3 is 2.57 bits per heavy atom. The van der Waals surface area contributed by atoms with E-state index in [1.165, 1.54) is 3.61 Å². The molecule has 0 saturated heterocycles. The average Bonchev–Trinajstić information content (AvgIpc) is 2.72. The SMILES string of the molecule is C(=C/c1ccco1)/[Te]c1ccccc1. The van der Waals surface area contributed by atoms with Crippen molar-refractivity contribution in [3.8, 4) is 0 Å². The molecule has 2 heteroatoms. The molecule has 0 radical (unpaired) electrons. The van der Waals surface area contributed by atoms with E-state index in [2.05, 4.69) is 34.5 Å². The van der Waals surface area contributed by atoms with Gasteiger partial charge in [-0.25, -0.2) is 0 Å². The second kappa shape index (κ2) is 5.05. The van der Waals surface area contributed by atoms with Crippen LogP contribution in [0.25, 0.3) is 6.08 Å². The third kappa shape index (κ3) is 2.77. The molecule has 70 valence electrons. The molecule has 0 aliphatic carbocycles. The van der Waals surface area contributed by atoms with Crippen molar-refractivity contribution in [2.75, 3.05) is 0 Å². The van der Waals surface area contributed by atoms with Gasteiger partial charge in [0.25, 0.3) is 0 Å². The van der Waals surface area contributed by atoms with Gasteiger partial charge in [-0.05, 0) is 0 Å². The van der Waals surface area contributed by atoms with Gasteiger partial charge in [0.15, 0.2) is 0 Å². The van der Waals surface area contributed by atoms with Gasteiger partial charge >= 0.3 is 93.6 Å². The molecule has 1 nitrogen and oxygen atoms in total. The second-order valence-electron chi connectivity index (χ2n) is 2.75. The van der Waals surface area contributed by atoms with Crippen molar-refractivity contribution in [2.24, 2.45) is 0 Å². The van der Waals surface area contributed by atoms with E-state index >= 15 is 0 Å². The van der Waals surface area contributed by atoms with Gasteiger partial charge < -0.3 is 0 Å². The molecule has 0 saturated carbocycles. The van der Waals surface area contributed by atoms with Gasteiger partial charge in [-0.15, -0.1) is 0 Å². The van der Waals surface area contributed by atoms with Crippen LogP contribution in [0.4, 0.5) is 0 Å². The molecule has 14 heavy (non-hydrogen) atoms. The molecule has 0 aliphatic rings. The third-order valence-corrected chi connectivity index (χ3v) is 4.05. The van der Waals surface area contributed by atoms with Crippen LogP contribution in [0.2, 0.25) is 0 Å². The third-order valence-electron chi connectivity index (χ3n) is 1.72. The van der Waals surface area contributed by atoms with Crippen LogP contribution in [0, 0.1) is 0 Å². The first-order chi connectivity index (χ1) is 6.95. The van der Waals surface area contributed by atoms with Crippen LogP contribution in [0.1, 0.15) is 5.76 Å². The zero-order chi connectivity index (χ0) is 9.64. The number of furan rings is 1. The van der Waals surface area contributed by atoms with Gasteiger partial charge in [-0.1, -0.05) is 0 Å². The minimum atomic E-state index is -0.196. The molecule has 0 fully saturated rings. The topological polar surface area (TPSA) is 13.1 Å². The fourth-order valence-corrected chi connectivity index (χ4v) is 2.99. The van der Waals surface area contributed by atoms with E-state index in [1.54, 1.807) is 6.26 Å². The molecule has 0 amide bonds. The van der Waals surface area contributed by atoms with E-state index in [-0.39, 0.29) is 20.9 Å². The summed E-state index contributed by atoms with van der Waals surface area (Å²) in [6.45, 7) is 0. The van der Waals surface area contributed by atoms with Gasteiger partial charge in [-0.3, -0.25) is 0 Å². The Morgan fingerprint density at radius 1 is 1.00 bits per heavy atom. The Morgan fingerprint density at radius 2 is 1.86 bits per heavy atom. The average molecular weight is 298 g/mol. The summed E-state index contributed by atoms with van der Waals surface area (Å²) in [7, 11) is 0. The summed E-state index contributed by atoms with van der Waals surface area (Å²) < 4.78 is 8.89. The van der Waals surface area contributed by atoms with Crippen molar-refractivity contribution in [1.29, 1.82) is 0 Å². The molecule has 1 aromatic carbocycles. The van der Waals surface area contributed by atoms with Crippen LogP contribution in [0.3, 0.4) is 0 Å². The molecule has 2 aromatic rings. The predicted molar refractivity (Wildman–Crippen MR) is 59.6 cm³/mol. The molecule has 2 rings (SSSR count). The molecule has 1 heterocycles. The fourth-order valence-electron chi connectivity index (χ4n) is 1.06. The van der Waals surface area contributed by atoms with Crippen molar-refractivity contribution < 1.29 is 4.42 Å². The summed E-state index contributed by atoms with van der Waals surface area (Å²) in [5, 5.41) is 0. The van der Waals surface area contributed by atoms with Crippen LogP contribution in [0.15, 0.2) is 57.3 Å². The molecule has 1 aromatic heterocycles. The van der Waals surface area contributed by atoms with Crippen molar-refractivity contribution >= 4 is 30.6 Å². The Kier molecular flexibility index (Phi) is 3.45. The van der Waals surface area contributed by atoms with E-state index in [0.717, 1.165) is 5.76 Å². The summed E-state index contributed by atoms with van der Waals surface area (Å²) in [6.07, 6.45) is 3.75. The normalized spacial score (nSPS) is 10.9. The van der Waals surface area contributed by atoms with E-state index < -0.39 is 0 Å². The maximum absolute atomic E-state index is 5.21. The second-order valence-corrected chi connectivity index (χ2v) is 5.54. The Labute approximate surface area is 93.5 Å². The quantitative estimate of drug-likeness (QED) is 0.792. The van der Waals surface area contributed by atoms with Gasteiger partial charge in [0.2, 0.25) is 0 Å². The molecule has 0 atom stereocenters. The first-order valence-electron chi connectivity index (χ1n) is 4.37. The zero-order valence-corrected chi connectivity index (χ0v) is 9.92. The van der Waals surface area contributed by atoms with Crippen molar-refractivity contribution in [3.63, 3.8) is 0 Å². The number of rotatable bonds is 3. The maximum atomic E-state index is 5.21. The van der Waals surface area contributed by atoms with Crippen LogP contribution in [-0.4, -0.2) is 20.9 Å². The number of hydrogen-bond acceptors (Lipinski definition) is 1. The Bertz CT molecular complexity index is 390. The predicted octanol–water partition coefficient (Wildman–Crippen LogP) is 2.28. The number of hydrogen-bond donors (Lipinski definition) is 0. The van der Waals surface area contributed by atoms with E-state index in [0.29, 0.717) is 0 Å². The molecule has 0 bridgehead atoms. The monoisotopic (exact) mass is 300 g/mol. The molecule has 0 unspecified atom stereocenters. The van der Waals surface area contributed by atoms with E-state index in [1.807, 2.05) is 18.2 Å². The van der Waals surface area contributed by atoms with Crippen molar-refractivity contribution in [2.45, 2.75) is 0 Å². The van der Waals surface area contributed by atoms with Gasteiger partial charge in [-0.2, -0.15) is 0 Å². The zero-order valence-electron chi connectivity index (χ0n) is 7.59. The minimum absolute atomic E-state index is 0.196. The summed E-state index contributed by atoms with van der Waals surface area (Å²) in [5.41, 5.74) is 0. The van der Waals surface area contributed by atoms with E-state index in [9.17, 15) is 0 Å². The van der Waals surface area contributed by atoms with Gasteiger partial charge in [0.1, 0.15) is 0 Å². The fraction of sp³-hybridized carbons (Fsp3) is 0.